The summed E-state index contributed by atoms with van der Waals surface area (Å²) in [4.78, 5) is 12.5. The van der Waals surface area contributed by atoms with Crippen molar-refractivity contribution in [2.24, 2.45) is 0 Å². The highest BCUT2D eigenvalue weighted by atomic mass is 19.2. The molecule has 2 N–H and O–H groups in total. The summed E-state index contributed by atoms with van der Waals surface area (Å²) in [5, 5.41) is 12.8. The lowest BCUT2D eigenvalue weighted by molar-refractivity contribution is -0.124. The van der Waals surface area contributed by atoms with Gasteiger partial charge in [-0.2, -0.15) is 0 Å². The Hall–Kier alpha value is -2.27. The molecule has 24 heavy (non-hydrogen) atoms. The zero-order valence-electron chi connectivity index (χ0n) is 13.4. The maximum Gasteiger partial charge on any atom is 0.230 e. The fraction of sp³-hybridized carbons (Fsp3) is 0.316. The molecule has 0 bridgehead atoms. The van der Waals surface area contributed by atoms with Gasteiger partial charge in [0.25, 0.3) is 0 Å². The number of halogens is 2. The molecule has 3 nitrogen and oxygen atoms in total. The van der Waals surface area contributed by atoms with Crippen LogP contribution in [0.1, 0.15) is 35.6 Å². The molecule has 1 aliphatic rings. The maximum atomic E-state index is 13.2. The molecule has 1 fully saturated rings. The van der Waals surface area contributed by atoms with Crippen molar-refractivity contribution >= 4 is 5.91 Å². The Labute approximate surface area is 139 Å². The molecule has 1 atom stereocenters. The van der Waals surface area contributed by atoms with E-state index in [1.807, 2.05) is 31.2 Å². The molecule has 1 aliphatic carbocycles. The molecular weight excluding hydrogens is 312 g/mol. The van der Waals surface area contributed by atoms with Gasteiger partial charge >= 0.3 is 0 Å². The second-order valence-corrected chi connectivity index (χ2v) is 6.35. The van der Waals surface area contributed by atoms with Crippen molar-refractivity contribution in [3.63, 3.8) is 0 Å². The third-order valence-electron chi connectivity index (χ3n) is 4.54. The Morgan fingerprint density at radius 2 is 1.96 bits per heavy atom. The number of hydrogen-bond donors (Lipinski definition) is 2. The van der Waals surface area contributed by atoms with E-state index >= 15 is 0 Å². The van der Waals surface area contributed by atoms with Crippen LogP contribution in [0.5, 0.6) is 0 Å². The Kier molecular flexibility index (Phi) is 4.37. The van der Waals surface area contributed by atoms with Gasteiger partial charge in [0.2, 0.25) is 5.91 Å². The molecule has 0 radical (unpaired) electrons. The molecule has 2 aromatic carbocycles. The number of rotatable bonds is 5. The summed E-state index contributed by atoms with van der Waals surface area (Å²) in [6.07, 6.45) is 0.449. The largest absolute Gasteiger partial charge is 0.387 e. The first-order valence-corrected chi connectivity index (χ1v) is 7.91. The Morgan fingerprint density at radius 1 is 1.21 bits per heavy atom. The highest BCUT2D eigenvalue weighted by Crippen LogP contribution is 2.48. The molecule has 2 aromatic rings. The summed E-state index contributed by atoms with van der Waals surface area (Å²) in [6.45, 7) is 1.93. The van der Waals surface area contributed by atoms with Crippen LogP contribution in [-0.2, 0) is 10.2 Å². The molecule has 1 amide bonds. The van der Waals surface area contributed by atoms with Gasteiger partial charge < -0.3 is 10.4 Å². The van der Waals surface area contributed by atoms with Crippen LogP contribution in [0.25, 0.3) is 0 Å². The van der Waals surface area contributed by atoms with Gasteiger partial charge in [0, 0.05) is 6.54 Å². The minimum atomic E-state index is -1.09. The highest BCUT2D eigenvalue weighted by Gasteiger charge is 2.51. The van der Waals surface area contributed by atoms with Crippen LogP contribution in [0, 0.1) is 18.6 Å². The summed E-state index contributed by atoms with van der Waals surface area (Å²) in [7, 11) is 0. The Balaban J connectivity index is 1.66. The number of amides is 1. The van der Waals surface area contributed by atoms with Crippen LogP contribution in [-0.4, -0.2) is 17.6 Å². The predicted molar refractivity (Wildman–Crippen MR) is 86.4 cm³/mol. The smallest absolute Gasteiger partial charge is 0.230 e. The standard InChI is InChI=1S/C19H19F2NO2/c1-12-3-2-4-14(9-12)19(7-8-19)18(24)22-11-17(23)13-5-6-15(20)16(21)10-13/h2-6,9-10,17,23H,7-8,11H2,1H3,(H,22,24). The second kappa shape index (κ2) is 6.32. The summed E-state index contributed by atoms with van der Waals surface area (Å²) in [5.41, 5.74) is 1.77. The van der Waals surface area contributed by atoms with Crippen LogP contribution < -0.4 is 5.32 Å². The summed E-state index contributed by atoms with van der Waals surface area (Å²) < 4.78 is 26.2. The van der Waals surface area contributed by atoms with Gasteiger partial charge in [-0.05, 0) is 43.0 Å². The third kappa shape index (κ3) is 3.17. The number of hydrogen-bond acceptors (Lipinski definition) is 2. The van der Waals surface area contributed by atoms with Gasteiger partial charge in [0.15, 0.2) is 11.6 Å². The van der Waals surface area contributed by atoms with E-state index in [4.69, 9.17) is 0 Å². The lowest BCUT2D eigenvalue weighted by Gasteiger charge is -2.18. The number of aliphatic hydroxyl groups excluding tert-OH is 1. The van der Waals surface area contributed by atoms with Crippen LogP contribution in [0.15, 0.2) is 42.5 Å². The first-order chi connectivity index (χ1) is 11.4. The lowest BCUT2D eigenvalue weighted by Crippen LogP contribution is -2.37. The quantitative estimate of drug-likeness (QED) is 0.884. The zero-order valence-corrected chi connectivity index (χ0v) is 13.4. The molecule has 5 heteroatoms. The average Bonchev–Trinajstić information content (AvgIpc) is 3.37. The molecule has 3 rings (SSSR count). The summed E-state index contributed by atoms with van der Waals surface area (Å²) in [5.74, 6) is -2.13. The van der Waals surface area contributed by atoms with Crippen molar-refractivity contribution in [1.29, 1.82) is 0 Å². The van der Waals surface area contributed by atoms with Crippen LogP contribution in [0.2, 0.25) is 0 Å². The van der Waals surface area contributed by atoms with E-state index in [0.717, 1.165) is 36.1 Å². The first kappa shape index (κ1) is 16.6. The molecule has 0 heterocycles. The third-order valence-corrected chi connectivity index (χ3v) is 4.54. The normalized spacial score (nSPS) is 16.5. The SMILES string of the molecule is Cc1cccc(C2(C(=O)NCC(O)c3ccc(F)c(F)c3)CC2)c1. The molecule has 126 valence electrons. The molecule has 0 spiro atoms. The van der Waals surface area contributed by atoms with Gasteiger partial charge in [-0.3, -0.25) is 4.79 Å². The molecular formula is C19H19F2NO2. The van der Waals surface area contributed by atoms with Gasteiger partial charge in [0.05, 0.1) is 11.5 Å². The number of aliphatic hydroxyl groups is 1. The monoisotopic (exact) mass is 331 g/mol. The average molecular weight is 331 g/mol. The minimum absolute atomic E-state index is 0.0442. The van der Waals surface area contributed by atoms with E-state index in [1.165, 1.54) is 6.07 Å². The van der Waals surface area contributed by atoms with Gasteiger partial charge in [-0.1, -0.05) is 35.9 Å². The van der Waals surface area contributed by atoms with E-state index in [2.05, 4.69) is 5.32 Å². The maximum absolute atomic E-state index is 13.2. The van der Waals surface area contributed by atoms with Crippen molar-refractivity contribution in [2.45, 2.75) is 31.3 Å². The molecule has 1 saturated carbocycles. The fourth-order valence-corrected chi connectivity index (χ4v) is 2.91. The predicted octanol–water partition coefficient (Wildman–Crippen LogP) is 3.15. The molecule has 1 unspecified atom stereocenters. The van der Waals surface area contributed by atoms with Crippen molar-refractivity contribution in [3.05, 3.63) is 70.8 Å². The Morgan fingerprint density at radius 3 is 2.58 bits per heavy atom. The van der Waals surface area contributed by atoms with Crippen molar-refractivity contribution in [1.82, 2.24) is 5.32 Å². The summed E-state index contributed by atoms with van der Waals surface area (Å²) >= 11 is 0. The zero-order chi connectivity index (χ0) is 17.3. The number of nitrogens with one attached hydrogen (secondary N) is 1. The fourth-order valence-electron chi connectivity index (χ4n) is 2.91. The minimum Gasteiger partial charge on any atom is -0.387 e. The van der Waals surface area contributed by atoms with Crippen molar-refractivity contribution in [3.8, 4) is 0 Å². The number of aryl methyl sites for hydroxylation is 1. The van der Waals surface area contributed by atoms with Crippen molar-refractivity contribution in [2.75, 3.05) is 6.54 Å². The van der Waals surface area contributed by atoms with Crippen LogP contribution in [0.4, 0.5) is 8.78 Å². The van der Waals surface area contributed by atoms with E-state index in [9.17, 15) is 18.7 Å². The Bertz CT molecular complexity index is 772. The van der Waals surface area contributed by atoms with E-state index in [-0.39, 0.29) is 18.0 Å². The van der Waals surface area contributed by atoms with E-state index in [1.54, 1.807) is 0 Å². The van der Waals surface area contributed by atoms with Gasteiger partial charge in [0.1, 0.15) is 0 Å². The lowest BCUT2D eigenvalue weighted by atomic mass is 9.93. The topological polar surface area (TPSA) is 49.3 Å². The highest BCUT2D eigenvalue weighted by molar-refractivity contribution is 5.91. The van der Waals surface area contributed by atoms with E-state index < -0.39 is 23.2 Å². The number of carbonyl (C=O) groups excluding carboxylic acids is 1. The molecule has 0 aliphatic heterocycles. The second-order valence-electron chi connectivity index (χ2n) is 6.35. The first-order valence-electron chi connectivity index (χ1n) is 7.91. The molecule has 0 aromatic heterocycles. The van der Waals surface area contributed by atoms with Gasteiger partial charge in [-0.25, -0.2) is 8.78 Å². The van der Waals surface area contributed by atoms with Crippen LogP contribution >= 0.6 is 0 Å². The van der Waals surface area contributed by atoms with Gasteiger partial charge in [-0.15, -0.1) is 0 Å². The summed E-state index contributed by atoms with van der Waals surface area (Å²) in [6, 6.07) is 11.1. The van der Waals surface area contributed by atoms with E-state index in [0.29, 0.717) is 0 Å². The van der Waals surface area contributed by atoms with Crippen molar-refractivity contribution < 1.29 is 18.7 Å². The molecule has 0 saturated heterocycles. The van der Waals surface area contributed by atoms with Crippen LogP contribution in [0.3, 0.4) is 0 Å². The number of benzene rings is 2. The number of carbonyl (C=O) groups is 1.